The molecule has 6 aliphatic rings. The standard InChI is InChI=1S/C23H36N2O8/c1-14-4-5-17-15(2)20(29-19(27)7-6-18(26)24-25-10-12-28-13-11-25)30-21-23(17)16(14)8-9-22(3,31-21)32-33-23/h14-17,20-21H,4-13H2,1-3H3,(H,24,26). The summed E-state index contributed by atoms with van der Waals surface area (Å²) in [5, 5.41) is 1.81. The summed E-state index contributed by atoms with van der Waals surface area (Å²) in [5.74, 6) is -0.811. The maximum Gasteiger partial charge on any atom is 0.308 e. The van der Waals surface area contributed by atoms with Crippen LogP contribution in [0.5, 0.6) is 0 Å². The number of carbonyl (C=O) groups excluding carboxylic acids is 2. The molecule has 0 aromatic heterocycles. The number of esters is 1. The Balaban J connectivity index is 1.22. The molecule has 0 aromatic rings. The number of nitrogens with zero attached hydrogens (tertiary/aromatic N) is 1. The van der Waals surface area contributed by atoms with Gasteiger partial charge in [0.05, 0.1) is 19.6 Å². The van der Waals surface area contributed by atoms with Gasteiger partial charge >= 0.3 is 5.97 Å². The molecule has 8 unspecified atom stereocenters. The molecule has 186 valence electrons. The van der Waals surface area contributed by atoms with Gasteiger partial charge in [0.15, 0.2) is 11.9 Å². The maximum absolute atomic E-state index is 12.6. The van der Waals surface area contributed by atoms with Gasteiger partial charge < -0.3 is 18.9 Å². The Hall–Kier alpha value is -1.30. The Morgan fingerprint density at radius 1 is 1.06 bits per heavy atom. The van der Waals surface area contributed by atoms with Crippen LogP contribution in [-0.2, 0) is 38.3 Å². The monoisotopic (exact) mass is 468 g/mol. The Morgan fingerprint density at radius 3 is 2.64 bits per heavy atom. The number of ether oxygens (including phenoxy) is 4. The zero-order chi connectivity index (χ0) is 23.2. The number of fused-ring (bicyclic) bond motifs is 2. The van der Waals surface area contributed by atoms with E-state index in [1.54, 1.807) is 0 Å². The normalized spacial score (nSPS) is 45.1. The van der Waals surface area contributed by atoms with Gasteiger partial charge in [-0.15, -0.1) is 0 Å². The molecular weight excluding hydrogens is 432 g/mol. The quantitative estimate of drug-likeness (QED) is 0.478. The molecule has 33 heavy (non-hydrogen) atoms. The molecular formula is C23H36N2O8. The van der Waals surface area contributed by atoms with Crippen LogP contribution < -0.4 is 5.43 Å². The van der Waals surface area contributed by atoms with Crippen LogP contribution in [0.25, 0.3) is 0 Å². The third-order valence-corrected chi connectivity index (χ3v) is 8.19. The van der Waals surface area contributed by atoms with Crippen LogP contribution in [0.2, 0.25) is 0 Å². The lowest BCUT2D eigenvalue weighted by Gasteiger charge is -2.59. The van der Waals surface area contributed by atoms with Gasteiger partial charge in [-0.25, -0.2) is 14.8 Å². The van der Waals surface area contributed by atoms with Crippen LogP contribution in [0, 0.1) is 23.7 Å². The zero-order valence-electron chi connectivity index (χ0n) is 19.7. The van der Waals surface area contributed by atoms with E-state index in [0.717, 1.165) is 25.7 Å². The molecule has 10 heteroatoms. The second kappa shape index (κ2) is 9.05. The van der Waals surface area contributed by atoms with E-state index in [2.05, 4.69) is 12.3 Å². The third kappa shape index (κ3) is 4.30. The van der Waals surface area contributed by atoms with E-state index >= 15 is 0 Å². The summed E-state index contributed by atoms with van der Waals surface area (Å²) in [6.45, 7) is 8.60. The van der Waals surface area contributed by atoms with Crippen molar-refractivity contribution in [2.45, 2.75) is 83.3 Å². The van der Waals surface area contributed by atoms with Crippen molar-refractivity contribution in [3.05, 3.63) is 0 Å². The van der Waals surface area contributed by atoms with E-state index in [4.69, 9.17) is 28.7 Å². The summed E-state index contributed by atoms with van der Waals surface area (Å²) >= 11 is 0. The summed E-state index contributed by atoms with van der Waals surface area (Å²) < 4.78 is 23.6. The van der Waals surface area contributed by atoms with Crippen LogP contribution in [0.15, 0.2) is 0 Å². The van der Waals surface area contributed by atoms with Gasteiger partial charge in [-0.1, -0.05) is 13.8 Å². The largest absolute Gasteiger partial charge is 0.435 e. The molecule has 1 aliphatic carbocycles. The Labute approximate surface area is 194 Å². The van der Waals surface area contributed by atoms with Crippen LogP contribution in [0.3, 0.4) is 0 Å². The highest BCUT2D eigenvalue weighted by Gasteiger charge is 2.69. The second-order valence-corrected chi connectivity index (χ2v) is 10.4. The number of morpholine rings is 1. The molecule has 8 atom stereocenters. The van der Waals surface area contributed by atoms with Crippen LogP contribution in [-0.4, -0.2) is 67.2 Å². The Morgan fingerprint density at radius 2 is 1.85 bits per heavy atom. The molecule has 5 saturated heterocycles. The third-order valence-electron chi connectivity index (χ3n) is 8.19. The van der Waals surface area contributed by atoms with Crippen LogP contribution in [0.1, 0.15) is 59.3 Å². The fourth-order valence-corrected chi connectivity index (χ4v) is 6.32. The van der Waals surface area contributed by atoms with Gasteiger partial charge in [-0.05, 0) is 38.0 Å². The Kier molecular flexibility index (Phi) is 6.43. The molecule has 10 nitrogen and oxygen atoms in total. The maximum atomic E-state index is 12.6. The van der Waals surface area contributed by atoms with E-state index in [9.17, 15) is 9.59 Å². The highest BCUT2D eigenvalue weighted by Crippen LogP contribution is 2.60. The minimum absolute atomic E-state index is 0.0128. The first kappa shape index (κ1) is 23.4. The molecule has 1 saturated carbocycles. The lowest BCUT2D eigenvalue weighted by molar-refractivity contribution is -0.576. The van der Waals surface area contributed by atoms with Crippen molar-refractivity contribution in [1.29, 1.82) is 0 Å². The first-order chi connectivity index (χ1) is 15.8. The minimum Gasteiger partial charge on any atom is -0.435 e. The summed E-state index contributed by atoms with van der Waals surface area (Å²) in [7, 11) is 0. The number of carbonyl (C=O) groups is 2. The van der Waals surface area contributed by atoms with Crippen molar-refractivity contribution < 1.29 is 38.3 Å². The summed E-state index contributed by atoms with van der Waals surface area (Å²) in [5.41, 5.74) is 2.12. The van der Waals surface area contributed by atoms with E-state index in [1.807, 2.05) is 18.9 Å². The minimum atomic E-state index is -0.871. The first-order valence-corrected chi connectivity index (χ1v) is 12.3. The van der Waals surface area contributed by atoms with E-state index in [1.165, 1.54) is 0 Å². The van der Waals surface area contributed by atoms with Crippen molar-refractivity contribution in [2.75, 3.05) is 26.3 Å². The molecule has 1 amide bonds. The van der Waals surface area contributed by atoms with Crippen molar-refractivity contribution in [3.8, 4) is 0 Å². The topological polar surface area (TPSA) is 105 Å². The van der Waals surface area contributed by atoms with Crippen LogP contribution in [0.4, 0.5) is 0 Å². The molecule has 6 fully saturated rings. The van der Waals surface area contributed by atoms with Gasteiger partial charge in [0, 0.05) is 37.8 Å². The van der Waals surface area contributed by atoms with Gasteiger partial charge in [0.25, 0.3) is 0 Å². The summed E-state index contributed by atoms with van der Waals surface area (Å²) in [6.07, 6.45) is 2.32. The first-order valence-electron chi connectivity index (χ1n) is 12.3. The number of hydrogen-bond donors (Lipinski definition) is 1. The summed E-state index contributed by atoms with van der Waals surface area (Å²) in [4.78, 5) is 36.7. The molecule has 1 N–H and O–H groups in total. The molecule has 6 rings (SSSR count). The smallest absolute Gasteiger partial charge is 0.308 e. The fourth-order valence-electron chi connectivity index (χ4n) is 6.32. The number of hydrazine groups is 1. The average molecular weight is 469 g/mol. The molecule has 0 aromatic carbocycles. The lowest BCUT2D eigenvalue weighted by atomic mass is 9.58. The Bertz CT molecular complexity index is 761. The van der Waals surface area contributed by atoms with Crippen molar-refractivity contribution >= 4 is 11.9 Å². The number of hydrogen-bond acceptors (Lipinski definition) is 9. The SMILES string of the molecule is CC1CCC2C(C)C(OC(=O)CCC(=O)NN3CCOCC3)OC3OC4(C)CCC1C32OO4. The van der Waals surface area contributed by atoms with Gasteiger partial charge in [-0.3, -0.25) is 15.0 Å². The molecule has 5 heterocycles. The van der Waals surface area contributed by atoms with Crippen molar-refractivity contribution in [2.24, 2.45) is 23.7 Å². The number of nitrogens with one attached hydrogen (secondary N) is 1. The lowest BCUT2D eigenvalue weighted by Crippen LogP contribution is -2.70. The van der Waals surface area contributed by atoms with E-state index in [0.29, 0.717) is 32.2 Å². The predicted octanol–water partition coefficient (Wildman–Crippen LogP) is 1.88. The fraction of sp³-hybridized carbons (Fsp3) is 0.913. The van der Waals surface area contributed by atoms with Crippen molar-refractivity contribution in [1.82, 2.24) is 10.4 Å². The predicted molar refractivity (Wildman–Crippen MR) is 113 cm³/mol. The van der Waals surface area contributed by atoms with Crippen molar-refractivity contribution in [3.63, 3.8) is 0 Å². The molecule has 0 radical (unpaired) electrons. The molecule has 1 spiro atoms. The highest BCUT2D eigenvalue weighted by atomic mass is 17.3. The number of amides is 1. The number of rotatable bonds is 5. The van der Waals surface area contributed by atoms with Gasteiger partial charge in [-0.2, -0.15) is 0 Å². The summed E-state index contributed by atoms with van der Waals surface area (Å²) in [6, 6.07) is 0. The zero-order valence-corrected chi connectivity index (χ0v) is 19.7. The average Bonchev–Trinajstić information content (AvgIpc) is 3.02. The van der Waals surface area contributed by atoms with Gasteiger partial charge in [0.1, 0.15) is 0 Å². The molecule has 5 aliphatic heterocycles. The molecule has 2 bridgehead atoms. The van der Waals surface area contributed by atoms with Crippen LogP contribution >= 0.6 is 0 Å². The second-order valence-electron chi connectivity index (χ2n) is 10.4. The van der Waals surface area contributed by atoms with E-state index in [-0.39, 0.29) is 36.5 Å². The highest BCUT2D eigenvalue weighted by molar-refractivity contribution is 5.80. The van der Waals surface area contributed by atoms with E-state index < -0.39 is 29.9 Å². The van der Waals surface area contributed by atoms with Gasteiger partial charge in [0.2, 0.25) is 18.0 Å².